The third kappa shape index (κ3) is 4.06. The number of anilines is 1. The number of carbonyl (C=O) groups excluding carboxylic acids is 1. The first-order valence-corrected chi connectivity index (χ1v) is 6.78. The molecule has 0 aliphatic carbocycles. The molecule has 3 N–H and O–H groups in total. The number of hydrogen-bond donors (Lipinski definition) is 3. The second-order valence-corrected chi connectivity index (χ2v) is 4.82. The summed E-state index contributed by atoms with van der Waals surface area (Å²) >= 11 is 0. The summed E-state index contributed by atoms with van der Waals surface area (Å²) in [5, 5.41) is 12.7. The third-order valence-electron chi connectivity index (χ3n) is 3.04. The number of aryl methyl sites for hydroxylation is 2. The Morgan fingerprint density at radius 3 is 2.86 bits per heavy atom. The number of nitrogens with zero attached hydrogens (tertiary/aromatic N) is 1. The van der Waals surface area contributed by atoms with Gasteiger partial charge in [0.05, 0.1) is 17.1 Å². The van der Waals surface area contributed by atoms with Crippen molar-refractivity contribution in [3.63, 3.8) is 0 Å². The standard InChI is InChI=1S/C15H20N4O2/c1-10-15(11(2)19-18-10)17-14(20)9-21-13-6-4-5-12(7-13)8-16-3/h4-7,16H,8-9H2,1-3H3,(H,17,20)(H,18,19). The van der Waals surface area contributed by atoms with Crippen LogP contribution in [0.15, 0.2) is 24.3 Å². The van der Waals surface area contributed by atoms with E-state index in [-0.39, 0.29) is 12.5 Å². The molecule has 0 saturated heterocycles. The summed E-state index contributed by atoms with van der Waals surface area (Å²) in [5.41, 5.74) is 3.42. The summed E-state index contributed by atoms with van der Waals surface area (Å²) in [5.74, 6) is 0.472. The van der Waals surface area contributed by atoms with Crippen molar-refractivity contribution in [2.45, 2.75) is 20.4 Å². The number of aromatic amines is 1. The quantitative estimate of drug-likeness (QED) is 0.757. The Bertz CT molecular complexity index is 602. The van der Waals surface area contributed by atoms with Crippen molar-refractivity contribution < 1.29 is 9.53 Å². The van der Waals surface area contributed by atoms with E-state index in [0.29, 0.717) is 11.4 Å². The van der Waals surface area contributed by atoms with Crippen LogP contribution in [0, 0.1) is 13.8 Å². The van der Waals surface area contributed by atoms with Crippen LogP contribution in [0.4, 0.5) is 5.69 Å². The Morgan fingerprint density at radius 2 is 2.19 bits per heavy atom. The fourth-order valence-electron chi connectivity index (χ4n) is 2.01. The van der Waals surface area contributed by atoms with Gasteiger partial charge in [-0.2, -0.15) is 5.10 Å². The number of benzene rings is 1. The molecule has 0 aliphatic heterocycles. The van der Waals surface area contributed by atoms with Gasteiger partial charge >= 0.3 is 0 Å². The lowest BCUT2D eigenvalue weighted by molar-refractivity contribution is -0.118. The van der Waals surface area contributed by atoms with Gasteiger partial charge in [0.15, 0.2) is 6.61 Å². The van der Waals surface area contributed by atoms with E-state index >= 15 is 0 Å². The van der Waals surface area contributed by atoms with Crippen molar-refractivity contribution in [3.05, 3.63) is 41.2 Å². The van der Waals surface area contributed by atoms with E-state index < -0.39 is 0 Å². The minimum Gasteiger partial charge on any atom is -0.484 e. The molecule has 21 heavy (non-hydrogen) atoms. The summed E-state index contributed by atoms with van der Waals surface area (Å²) in [6.45, 7) is 4.42. The molecule has 1 amide bonds. The summed E-state index contributed by atoms with van der Waals surface area (Å²) in [7, 11) is 1.89. The van der Waals surface area contributed by atoms with Crippen LogP contribution in [0.25, 0.3) is 0 Å². The SMILES string of the molecule is CNCc1cccc(OCC(=O)Nc2c(C)n[nH]c2C)c1. The normalized spacial score (nSPS) is 10.4. The van der Waals surface area contributed by atoms with Crippen molar-refractivity contribution in [3.8, 4) is 5.75 Å². The molecule has 1 aromatic carbocycles. The van der Waals surface area contributed by atoms with Gasteiger partial charge in [-0.15, -0.1) is 0 Å². The van der Waals surface area contributed by atoms with Crippen molar-refractivity contribution in [2.24, 2.45) is 0 Å². The second-order valence-electron chi connectivity index (χ2n) is 4.82. The predicted molar refractivity (Wildman–Crippen MR) is 81.4 cm³/mol. The van der Waals surface area contributed by atoms with E-state index in [2.05, 4.69) is 20.8 Å². The zero-order valence-corrected chi connectivity index (χ0v) is 12.5. The van der Waals surface area contributed by atoms with E-state index in [1.807, 2.05) is 45.2 Å². The molecule has 112 valence electrons. The van der Waals surface area contributed by atoms with E-state index in [9.17, 15) is 4.79 Å². The fourth-order valence-corrected chi connectivity index (χ4v) is 2.01. The first kappa shape index (κ1) is 15.1. The molecule has 6 heteroatoms. The monoisotopic (exact) mass is 288 g/mol. The lowest BCUT2D eigenvalue weighted by Gasteiger charge is -2.09. The minimum absolute atomic E-state index is 0.0347. The highest BCUT2D eigenvalue weighted by Crippen LogP contribution is 2.16. The molecule has 2 aromatic rings. The molecule has 0 radical (unpaired) electrons. The molecule has 0 spiro atoms. The second kappa shape index (κ2) is 6.90. The average Bonchev–Trinajstić information content (AvgIpc) is 2.78. The molecule has 1 heterocycles. The first-order valence-electron chi connectivity index (χ1n) is 6.78. The number of H-pyrrole nitrogens is 1. The molecular weight excluding hydrogens is 268 g/mol. The van der Waals surface area contributed by atoms with Gasteiger partial charge in [-0.05, 0) is 38.6 Å². The smallest absolute Gasteiger partial charge is 0.262 e. The van der Waals surface area contributed by atoms with Crippen LogP contribution < -0.4 is 15.4 Å². The molecular formula is C15H20N4O2. The molecule has 0 saturated carbocycles. The van der Waals surface area contributed by atoms with Crippen LogP contribution in [0.5, 0.6) is 5.75 Å². The molecule has 2 rings (SSSR count). The Balaban J connectivity index is 1.91. The molecule has 6 nitrogen and oxygen atoms in total. The molecule has 0 fully saturated rings. The maximum atomic E-state index is 11.9. The molecule has 1 aromatic heterocycles. The number of carbonyl (C=O) groups is 1. The third-order valence-corrected chi connectivity index (χ3v) is 3.04. The summed E-state index contributed by atoms with van der Waals surface area (Å²) in [6, 6.07) is 7.66. The summed E-state index contributed by atoms with van der Waals surface area (Å²) < 4.78 is 5.51. The highest BCUT2D eigenvalue weighted by atomic mass is 16.5. The van der Waals surface area contributed by atoms with Gasteiger partial charge in [0, 0.05) is 6.54 Å². The van der Waals surface area contributed by atoms with E-state index in [0.717, 1.165) is 23.5 Å². The predicted octanol–water partition coefficient (Wildman–Crippen LogP) is 1.76. The van der Waals surface area contributed by atoms with Crippen LogP contribution in [0.2, 0.25) is 0 Å². The lowest BCUT2D eigenvalue weighted by Crippen LogP contribution is -2.20. The Labute approximate surface area is 123 Å². The van der Waals surface area contributed by atoms with Crippen LogP contribution >= 0.6 is 0 Å². The number of nitrogens with one attached hydrogen (secondary N) is 3. The lowest BCUT2D eigenvalue weighted by atomic mass is 10.2. The number of hydrogen-bond acceptors (Lipinski definition) is 4. The molecule has 0 unspecified atom stereocenters. The summed E-state index contributed by atoms with van der Waals surface area (Å²) in [4.78, 5) is 11.9. The van der Waals surface area contributed by atoms with Crippen LogP contribution in [-0.2, 0) is 11.3 Å². The van der Waals surface area contributed by atoms with E-state index in [1.165, 1.54) is 0 Å². The van der Waals surface area contributed by atoms with Crippen LogP contribution in [0.1, 0.15) is 17.0 Å². The highest BCUT2D eigenvalue weighted by Gasteiger charge is 2.10. The Hall–Kier alpha value is -2.34. The fraction of sp³-hybridized carbons (Fsp3) is 0.333. The highest BCUT2D eigenvalue weighted by molar-refractivity contribution is 5.92. The Kier molecular flexibility index (Phi) is 4.94. The minimum atomic E-state index is -0.207. The average molecular weight is 288 g/mol. The number of amides is 1. The van der Waals surface area contributed by atoms with Crippen molar-refractivity contribution in [1.82, 2.24) is 15.5 Å². The topological polar surface area (TPSA) is 79.0 Å². The molecule has 0 atom stereocenters. The van der Waals surface area contributed by atoms with Crippen molar-refractivity contribution >= 4 is 11.6 Å². The van der Waals surface area contributed by atoms with Gasteiger partial charge in [-0.1, -0.05) is 12.1 Å². The van der Waals surface area contributed by atoms with Gasteiger partial charge in [-0.3, -0.25) is 9.89 Å². The van der Waals surface area contributed by atoms with Crippen molar-refractivity contribution in [2.75, 3.05) is 19.0 Å². The summed E-state index contributed by atoms with van der Waals surface area (Å²) in [6.07, 6.45) is 0. The van der Waals surface area contributed by atoms with Crippen molar-refractivity contribution in [1.29, 1.82) is 0 Å². The molecule has 0 aliphatic rings. The van der Waals surface area contributed by atoms with Gasteiger partial charge in [0.2, 0.25) is 0 Å². The number of rotatable bonds is 6. The van der Waals surface area contributed by atoms with E-state index in [4.69, 9.17) is 4.74 Å². The van der Waals surface area contributed by atoms with Gasteiger partial charge < -0.3 is 15.4 Å². The van der Waals surface area contributed by atoms with Crippen LogP contribution in [-0.4, -0.2) is 29.8 Å². The number of ether oxygens (including phenoxy) is 1. The Morgan fingerprint density at radius 1 is 1.38 bits per heavy atom. The zero-order chi connectivity index (χ0) is 15.2. The number of aromatic nitrogens is 2. The van der Waals surface area contributed by atoms with Crippen LogP contribution in [0.3, 0.4) is 0 Å². The van der Waals surface area contributed by atoms with E-state index in [1.54, 1.807) is 0 Å². The van der Waals surface area contributed by atoms with Gasteiger partial charge in [-0.25, -0.2) is 0 Å². The first-order chi connectivity index (χ1) is 10.1. The van der Waals surface area contributed by atoms with Gasteiger partial charge in [0.25, 0.3) is 5.91 Å². The largest absolute Gasteiger partial charge is 0.484 e. The van der Waals surface area contributed by atoms with Gasteiger partial charge in [0.1, 0.15) is 5.75 Å². The molecule has 0 bridgehead atoms. The maximum absolute atomic E-state index is 11.9. The maximum Gasteiger partial charge on any atom is 0.262 e. The zero-order valence-electron chi connectivity index (χ0n) is 12.5.